The number of carbonyl (C=O) groups is 1. The zero-order valence-electron chi connectivity index (χ0n) is 10.0. The first-order valence-corrected chi connectivity index (χ1v) is 5.87. The van der Waals surface area contributed by atoms with E-state index in [2.05, 4.69) is 15.3 Å². The summed E-state index contributed by atoms with van der Waals surface area (Å²) in [4.78, 5) is 21.9. The number of rotatable bonds is 1. The van der Waals surface area contributed by atoms with Crippen LogP contribution in [-0.2, 0) is 4.79 Å². The Morgan fingerprint density at radius 2 is 2.42 bits per heavy atom. The molecule has 19 heavy (non-hydrogen) atoms. The lowest BCUT2D eigenvalue weighted by Gasteiger charge is -2.31. The first kappa shape index (κ1) is 11.5. The number of aliphatic hydroxyl groups excluding tert-OH is 1. The minimum atomic E-state index is -0.362. The number of hydrogen-bond acceptors (Lipinski definition) is 6. The van der Waals surface area contributed by atoms with Gasteiger partial charge < -0.3 is 15.7 Å². The molecule has 7 nitrogen and oxygen atoms in total. The summed E-state index contributed by atoms with van der Waals surface area (Å²) in [5.74, 6) is -0.269. The Bertz CT molecular complexity index is 573. The molecule has 2 heterocycles. The molecule has 1 unspecified atom stereocenters. The maximum atomic E-state index is 11.6. The van der Waals surface area contributed by atoms with Gasteiger partial charge in [0.15, 0.2) is 5.96 Å². The monoisotopic (exact) mass is 259 g/mol. The SMILES string of the molecule is NC1=NC2C=C(N=CN2[C@H]2C=C/C(=C\O)C2)C(=O)N1. The first-order valence-electron chi connectivity index (χ1n) is 5.87. The lowest BCUT2D eigenvalue weighted by molar-refractivity contribution is -0.116. The Balaban J connectivity index is 1.88. The number of nitrogens with one attached hydrogen (secondary N) is 1. The van der Waals surface area contributed by atoms with E-state index in [1.165, 1.54) is 0 Å². The van der Waals surface area contributed by atoms with Crippen LogP contribution in [0.4, 0.5) is 0 Å². The average Bonchev–Trinajstić information content (AvgIpc) is 2.83. The molecule has 0 spiro atoms. The number of aliphatic hydroxyl groups is 1. The fourth-order valence-electron chi connectivity index (χ4n) is 2.26. The van der Waals surface area contributed by atoms with Crippen molar-refractivity contribution < 1.29 is 9.90 Å². The topological polar surface area (TPSA) is 103 Å². The van der Waals surface area contributed by atoms with Crippen molar-refractivity contribution in [2.24, 2.45) is 15.7 Å². The van der Waals surface area contributed by atoms with Crippen LogP contribution < -0.4 is 11.1 Å². The van der Waals surface area contributed by atoms with Crippen molar-refractivity contribution in [2.45, 2.75) is 18.6 Å². The largest absolute Gasteiger partial charge is 0.515 e. The molecular formula is C12H13N5O2. The van der Waals surface area contributed by atoms with Crippen molar-refractivity contribution in [3.05, 3.63) is 35.8 Å². The third-order valence-corrected chi connectivity index (χ3v) is 3.21. The molecule has 3 aliphatic rings. The van der Waals surface area contributed by atoms with Crippen LogP contribution in [-0.4, -0.2) is 40.4 Å². The fraction of sp³-hybridized carbons (Fsp3) is 0.250. The highest BCUT2D eigenvalue weighted by molar-refractivity contribution is 6.06. The summed E-state index contributed by atoms with van der Waals surface area (Å²) in [5.41, 5.74) is 6.78. The van der Waals surface area contributed by atoms with E-state index < -0.39 is 0 Å². The van der Waals surface area contributed by atoms with Crippen LogP contribution in [0, 0.1) is 0 Å². The van der Waals surface area contributed by atoms with E-state index in [0.29, 0.717) is 12.1 Å². The van der Waals surface area contributed by atoms with Crippen LogP contribution in [0.3, 0.4) is 0 Å². The van der Waals surface area contributed by atoms with Crippen molar-refractivity contribution in [1.82, 2.24) is 10.2 Å². The summed E-state index contributed by atoms with van der Waals surface area (Å²) >= 11 is 0. The summed E-state index contributed by atoms with van der Waals surface area (Å²) in [6.07, 6.45) is 8.47. The zero-order valence-corrected chi connectivity index (χ0v) is 10.0. The third kappa shape index (κ3) is 1.99. The summed E-state index contributed by atoms with van der Waals surface area (Å²) < 4.78 is 0. The number of nitrogens with two attached hydrogens (primary N) is 1. The summed E-state index contributed by atoms with van der Waals surface area (Å²) in [6.45, 7) is 0. The molecule has 0 aromatic rings. The standard InChI is InChI=1S/C12H13N5O2/c13-12-15-10-4-9(11(19)16-12)14-6-17(10)8-2-1-7(3-8)5-18/h1-2,4-6,8,10,18H,3H2,(H3,13,15,16,19)/b7-5+/t8-,10?/m0/s1. The van der Waals surface area contributed by atoms with Gasteiger partial charge in [-0.25, -0.2) is 9.98 Å². The molecule has 0 saturated carbocycles. The molecule has 3 rings (SSSR count). The van der Waals surface area contributed by atoms with E-state index in [0.717, 1.165) is 11.8 Å². The number of fused-ring (bicyclic) bond motifs is 1. The minimum absolute atomic E-state index is 0.0368. The van der Waals surface area contributed by atoms with Crippen LogP contribution >= 0.6 is 0 Å². The lowest BCUT2D eigenvalue weighted by Crippen LogP contribution is -2.41. The molecule has 1 aliphatic carbocycles. The maximum absolute atomic E-state index is 11.6. The Labute approximate surface area is 109 Å². The number of carbonyl (C=O) groups excluding carboxylic acids is 1. The van der Waals surface area contributed by atoms with Crippen molar-refractivity contribution in [1.29, 1.82) is 0 Å². The Hall–Kier alpha value is -2.57. The van der Waals surface area contributed by atoms with Crippen LogP contribution in [0.25, 0.3) is 0 Å². The van der Waals surface area contributed by atoms with E-state index in [-0.39, 0.29) is 24.1 Å². The number of hydrogen-bond donors (Lipinski definition) is 3. The molecule has 0 aromatic heterocycles. The molecule has 2 aliphatic heterocycles. The second-order valence-electron chi connectivity index (χ2n) is 4.46. The van der Waals surface area contributed by atoms with Gasteiger partial charge in [0.05, 0.1) is 18.6 Å². The normalized spacial score (nSPS) is 31.1. The number of nitrogens with zero attached hydrogens (tertiary/aromatic N) is 3. The molecule has 0 aromatic carbocycles. The van der Waals surface area contributed by atoms with Gasteiger partial charge in [-0.05, 0) is 18.1 Å². The highest BCUT2D eigenvalue weighted by atomic mass is 16.2. The fourth-order valence-corrected chi connectivity index (χ4v) is 2.26. The van der Waals surface area contributed by atoms with Crippen molar-refractivity contribution in [3.63, 3.8) is 0 Å². The van der Waals surface area contributed by atoms with E-state index in [9.17, 15) is 4.79 Å². The van der Waals surface area contributed by atoms with Crippen LogP contribution in [0.1, 0.15) is 6.42 Å². The van der Waals surface area contributed by atoms with Gasteiger partial charge in [0.1, 0.15) is 11.9 Å². The van der Waals surface area contributed by atoms with Gasteiger partial charge in [0.2, 0.25) is 0 Å². The maximum Gasteiger partial charge on any atom is 0.276 e. The number of guanidine groups is 1. The minimum Gasteiger partial charge on any atom is -0.515 e. The summed E-state index contributed by atoms with van der Waals surface area (Å²) in [6, 6.07) is 0.0368. The molecule has 7 heteroatoms. The highest BCUT2D eigenvalue weighted by Crippen LogP contribution is 2.25. The number of amides is 1. The van der Waals surface area contributed by atoms with Crippen molar-refractivity contribution in [3.8, 4) is 0 Å². The molecule has 1 amide bonds. The van der Waals surface area contributed by atoms with Gasteiger partial charge in [-0.1, -0.05) is 12.2 Å². The summed E-state index contributed by atoms with van der Waals surface area (Å²) in [7, 11) is 0. The van der Waals surface area contributed by atoms with Gasteiger partial charge >= 0.3 is 0 Å². The number of allylic oxidation sites excluding steroid dienone is 1. The Kier molecular flexibility index (Phi) is 2.59. The predicted octanol–water partition coefficient (Wildman–Crippen LogP) is -0.245. The van der Waals surface area contributed by atoms with Crippen molar-refractivity contribution in [2.75, 3.05) is 0 Å². The van der Waals surface area contributed by atoms with Gasteiger partial charge in [-0.3, -0.25) is 10.1 Å². The van der Waals surface area contributed by atoms with E-state index in [1.54, 1.807) is 12.4 Å². The first-order chi connectivity index (χ1) is 9.17. The zero-order chi connectivity index (χ0) is 13.4. The molecule has 98 valence electrons. The third-order valence-electron chi connectivity index (χ3n) is 3.21. The van der Waals surface area contributed by atoms with Gasteiger partial charge in [0, 0.05) is 0 Å². The van der Waals surface area contributed by atoms with E-state index in [4.69, 9.17) is 10.8 Å². The number of aliphatic imine (C=N–C) groups is 2. The van der Waals surface area contributed by atoms with Crippen molar-refractivity contribution >= 4 is 18.2 Å². The van der Waals surface area contributed by atoms with Crippen LogP contribution in [0.2, 0.25) is 0 Å². The van der Waals surface area contributed by atoms with Crippen LogP contribution in [0.15, 0.2) is 45.7 Å². The summed E-state index contributed by atoms with van der Waals surface area (Å²) in [5, 5.41) is 11.5. The second kappa shape index (κ2) is 4.27. The van der Waals surface area contributed by atoms with Gasteiger partial charge in [-0.15, -0.1) is 0 Å². The molecule has 0 fully saturated rings. The average molecular weight is 259 g/mol. The molecule has 2 bridgehead atoms. The second-order valence-corrected chi connectivity index (χ2v) is 4.46. The molecule has 0 saturated heterocycles. The highest BCUT2D eigenvalue weighted by Gasteiger charge is 2.30. The van der Waals surface area contributed by atoms with Gasteiger partial charge in [0.25, 0.3) is 5.91 Å². The quantitative estimate of drug-likeness (QED) is 0.565. The van der Waals surface area contributed by atoms with E-state index >= 15 is 0 Å². The molecule has 4 N–H and O–H groups in total. The van der Waals surface area contributed by atoms with E-state index in [1.807, 2.05) is 17.1 Å². The Morgan fingerprint density at radius 1 is 1.58 bits per heavy atom. The van der Waals surface area contributed by atoms with Gasteiger partial charge in [-0.2, -0.15) is 0 Å². The van der Waals surface area contributed by atoms with Crippen LogP contribution in [0.5, 0.6) is 0 Å². The molecule has 0 radical (unpaired) electrons. The molecule has 2 atom stereocenters. The Morgan fingerprint density at radius 3 is 3.16 bits per heavy atom. The predicted molar refractivity (Wildman–Crippen MR) is 70.2 cm³/mol. The smallest absolute Gasteiger partial charge is 0.276 e. The lowest BCUT2D eigenvalue weighted by atomic mass is 10.1. The molecular weight excluding hydrogens is 246 g/mol.